The number of aliphatic hydroxyl groups is 1. The average Bonchev–Trinajstić information content (AvgIpc) is 2.38. The minimum Gasteiger partial charge on any atom is -0.396 e. The Morgan fingerprint density at radius 1 is 1.22 bits per heavy atom. The maximum atomic E-state index is 11.1. The summed E-state index contributed by atoms with van der Waals surface area (Å²) in [6.07, 6.45) is 0. The van der Waals surface area contributed by atoms with Crippen LogP contribution in [-0.2, 0) is 0 Å². The maximum Gasteiger partial charge on any atom is 0.318 e. The van der Waals surface area contributed by atoms with Gasteiger partial charge < -0.3 is 21.1 Å². The number of aliphatic hydroxyl groups excluding tert-OH is 1. The molecular formula is C13H21N3O2. The Labute approximate surface area is 108 Å². The van der Waals surface area contributed by atoms with Crippen LogP contribution in [0.2, 0.25) is 0 Å². The van der Waals surface area contributed by atoms with E-state index in [4.69, 9.17) is 5.11 Å². The number of benzene rings is 1. The van der Waals surface area contributed by atoms with Crippen molar-refractivity contribution in [2.45, 2.75) is 13.8 Å². The summed E-state index contributed by atoms with van der Waals surface area (Å²) in [4.78, 5) is 11.1. The molecular weight excluding hydrogens is 230 g/mol. The van der Waals surface area contributed by atoms with Gasteiger partial charge in [-0.05, 0) is 24.3 Å². The zero-order valence-electron chi connectivity index (χ0n) is 11.1. The van der Waals surface area contributed by atoms with Gasteiger partial charge >= 0.3 is 6.03 Å². The second-order valence-corrected chi connectivity index (χ2v) is 4.96. The Hall–Kier alpha value is -1.75. The Bertz CT molecular complexity index is 388. The van der Waals surface area contributed by atoms with Gasteiger partial charge in [-0.15, -0.1) is 0 Å². The summed E-state index contributed by atoms with van der Waals surface area (Å²) < 4.78 is 0. The highest BCUT2D eigenvalue weighted by atomic mass is 16.3. The molecule has 0 aliphatic rings. The number of hydrogen-bond donors (Lipinski definition) is 4. The lowest BCUT2D eigenvalue weighted by Crippen LogP contribution is -2.26. The topological polar surface area (TPSA) is 73.4 Å². The lowest BCUT2D eigenvalue weighted by atomic mass is 9.95. The molecule has 0 aliphatic carbocycles. The van der Waals surface area contributed by atoms with Gasteiger partial charge in [0.15, 0.2) is 0 Å². The summed E-state index contributed by atoms with van der Waals surface area (Å²) in [5, 5.41) is 17.6. The number of anilines is 2. The first-order chi connectivity index (χ1) is 8.46. The molecule has 1 aromatic carbocycles. The second kappa shape index (κ2) is 6.26. The fraction of sp³-hybridized carbons (Fsp3) is 0.462. The molecule has 0 atom stereocenters. The predicted molar refractivity (Wildman–Crippen MR) is 73.9 cm³/mol. The first-order valence-corrected chi connectivity index (χ1v) is 5.90. The van der Waals surface area contributed by atoms with Crippen molar-refractivity contribution in [3.63, 3.8) is 0 Å². The van der Waals surface area contributed by atoms with Gasteiger partial charge in [0, 0.05) is 37.0 Å². The lowest BCUT2D eigenvalue weighted by Gasteiger charge is -2.22. The van der Waals surface area contributed by atoms with E-state index in [0.717, 1.165) is 11.4 Å². The van der Waals surface area contributed by atoms with Crippen LogP contribution in [0.4, 0.5) is 16.2 Å². The fourth-order valence-electron chi connectivity index (χ4n) is 1.26. The highest BCUT2D eigenvalue weighted by Gasteiger charge is 2.15. The van der Waals surface area contributed by atoms with Crippen LogP contribution in [0.5, 0.6) is 0 Å². The summed E-state index contributed by atoms with van der Waals surface area (Å²) in [6.45, 7) is 4.80. The van der Waals surface area contributed by atoms with E-state index >= 15 is 0 Å². The maximum absolute atomic E-state index is 11.1. The van der Waals surface area contributed by atoms with Crippen molar-refractivity contribution in [1.29, 1.82) is 0 Å². The number of rotatable bonds is 5. The fourth-order valence-corrected chi connectivity index (χ4v) is 1.26. The third-order valence-electron chi connectivity index (χ3n) is 2.57. The summed E-state index contributed by atoms with van der Waals surface area (Å²) in [6, 6.07) is 7.18. The largest absolute Gasteiger partial charge is 0.396 e. The minimum atomic E-state index is -0.239. The third-order valence-corrected chi connectivity index (χ3v) is 2.57. The van der Waals surface area contributed by atoms with Crippen LogP contribution < -0.4 is 16.0 Å². The van der Waals surface area contributed by atoms with E-state index in [-0.39, 0.29) is 18.1 Å². The van der Waals surface area contributed by atoms with Crippen LogP contribution >= 0.6 is 0 Å². The molecule has 5 nitrogen and oxygen atoms in total. The number of urea groups is 1. The molecule has 2 amide bonds. The van der Waals surface area contributed by atoms with Crippen LogP contribution in [0.25, 0.3) is 0 Å². The van der Waals surface area contributed by atoms with E-state index in [1.165, 1.54) is 0 Å². The van der Waals surface area contributed by atoms with Crippen molar-refractivity contribution in [3.8, 4) is 0 Å². The monoisotopic (exact) mass is 251 g/mol. The van der Waals surface area contributed by atoms with Crippen molar-refractivity contribution in [3.05, 3.63) is 24.3 Å². The smallest absolute Gasteiger partial charge is 0.318 e. The number of carbonyl (C=O) groups is 1. The van der Waals surface area contributed by atoms with Crippen LogP contribution in [0.1, 0.15) is 13.8 Å². The van der Waals surface area contributed by atoms with Gasteiger partial charge in [-0.2, -0.15) is 0 Å². The first-order valence-electron chi connectivity index (χ1n) is 5.90. The van der Waals surface area contributed by atoms with Crippen LogP contribution in [0.15, 0.2) is 24.3 Å². The standard InChI is InChI=1S/C13H21N3O2/c1-13(2,9-17)8-15-10-4-6-11(7-5-10)16-12(18)14-3/h4-7,15,17H,8-9H2,1-3H3,(H2,14,16,18). The molecule has 0 saturated carbocycles. The number of nitrogens with one attached hydrogen (secondary N) is 3. The molecule has 0 bridgehead atoms. The van der Waals surface area contributed by atoms with Gasteiger partial charge in [0.05, 0.1) is 0 Å². The Balaban J connectivity index is 2.53. The first kappa shape index (κ1) is 14.3. The molecule has 0 aromatic heterocycles. The van der Waals surface area contributed by atoms with Gasteiger partial charge in [0.25, 0.3) is 0 Å². The average molecular weight is 251 g/mol. The van der Waals surface area contributed by atoms with Crippen LogP contribution in [0.3, 0.4) is 0 Å². The summed E-state index contributed by atoms with van der Waals surface area (Å²) in [5.41, 5.74) is 1.54. The summed E-state index contributed by atoms with van der Waals surface area (Å²) in [7, 11) is 1.57. The zero-order valence-corrected chi connectivity index (χ0v) is 11.1. The molecule has 0 radical (unpaired) electrons. The van der Waals surface area contributed by atoms with Crippen molar-refractivity contribution in [2.24, 2.45) is 5.41 Å². The molecule has 0 aliphatic heterocycles. The molecule has 5 heteroatoms. The third kappa shape index (κ3) is 4.63. The molecule has 0 saturated heterocycles. The Morgan fingerprint density at radius 3 is 2.28 bits per heavy atom. The van der Waals surface area contributed by atoms with Crippen molar-refractivity contribution < 1.29 is 9.90 Å². The molecule has 4 N–H and O–H groups in total. The lowest BCUT2D eigenvalue weighted by molar-refractivity contribution is 0.171. The van der Waals surface area contributed by atoms with Gasteiger partial charge in [-0.1, -0.05) is 13.8 Å². The van der Waals surface area contributed by atoms with E-state index < -0.39 is 0 Å². The molecule has 0 heterocycles. The van der Waals surface area contributed by atoms with Crippen LogP contribution in [-0.4, -0.2) is 31.3 Å². The van der Waals surface area contributed by atoms with Crippen molar-refractivity contribution >= 4 is 17.4 Å². The highest BCUT2D eigenvalue weighted by Crippen LogP contribution is 2.17. The molecule has 1 rings (SSSR count). The number of hydrogen-bond acceptors (Lipinski definition) is 3. The quantitative estimate of drug-likeness (QED) is 0.645. The van der Waals surface area contributed by atoms with E-state index in [0.29, 0.717) is 6.54 Å². The SMILES string of the molecule is CNC(=O)Nc1ccc(NCC(C)(C)CO)cc1. The van der Waals surface area contributed by atoms with E-state index in [1.807, 2.05) is 38.1 Å². The number of amides is 2. The highest BCUT2D eigenvalue weighted by molar-refractivity contribution is 5.89. The van der Waals surface area contributed by atoms with E-state index in [2.05, 4.69) is 16.0 Å². The molecule has 0 spiro atoms. The van der Waals surface area contributed by atoms with E-state index in [1.54, 1.807) is 7.05 Å². The second-order valence-electron chi connectivity index (χ2n) is 4.96. The minimum absolute atomic E-state index is 0.135. The molecule has 0 unspecified atom stereocenters. The summed E-state index contributed by atoms with van der Waals surface area (Å²) >= 11 is 0. The van der Waals surface area contributed by atoms with E-state index in [9.17, 15) is 4.79 Å². The summed E-state index contributed by atoms with van der Waals surface area (Å²) in [5.74, 6) is 0. The van der Waals surface area contributed by atoms with Gasteiger partial charge in [0.1, 0.15) is 0 Å². The normalized spacial score (nSPS) is 10.9. The molecule has 0 fully saturated rings. The zero-order chi connectivity index (χ0) is 13.6. The Kier molecular flexibility index (Phi) is 4.97. The molecule has 1 aromatic rings. The van der Waals surface area contributed by atoms with Crippen molar-refractivity contribution in [1.82, 2.24) is 5.32 Å². The van der Waals surface area contributed by atoms with Gasteiger partial charge in [0.2, 0.25) is 0 Å². The molecule has 18 heavy (non-hydrogen) atoms. The predicted octanol–water partition coefficient (Wildman–Crippen LogP) is 1.87. The number of carbonyl (C=O) groups excluding carboxylic acids is 1. The van der Waals surface area contributed by atoms with Crippen LogP contribution in [0, 0.1) is 5.41 Å². The van der Waals surface area contributed by atoms with Gasteiger partial charge in [-0.25, -0.2) is 4.79 Å². The van der Waals surface area contributed by atoms with Gasteiger partial charge in [-0.3, -0.25) is 0 Å². The Morgan fingerprint density at radius 2 is 1.78 bits per heavy atom. The van der Waals surface area contributed by atoms with Crippen molar-refractivity contribution in [2.75, 3.05) is 30.8 Å². The molecule has 100 valence electrons.